The molecule has 0 N–H and O–H groups in total. The van der Waals surface area contributed by atoms with Crippen molar-refractivity contribution in [1.82, 2.24) is 0 Å². The van der Waals surface area contributed by atoms with Gasteiger partial charge in [0.15, 0.2) is 24.8 Å². The van der Waals surface area contributed by atoms with E-state index in [0.717, 1.165) is 12.3 Å². The van der Waals surface area contributed by atoms with Crippen LogP contribution in [-0.2, 0) is 34.6 Å². The smallest absolute Gasteiger partial charge is 0.201 e. The van der Waals surface area contributed by atoms with Crippen molar-refractivity contribution in [2.75, 3.05) is 0 Å². The average Bonchev–Trinajstić information content (AvgIpc) is 3.33. The monoisotopic (exact) mass is 945 g/mol. The van der Waals surface area contributed by atoms with Gasteiger partial charge in [0.1, 0.15) is 28.2 Å². The maximum Gasteiger partial charge on any atom is 0.212 e. The lowest BCUT2D eigenvalue weighted by Gasteiger charge is -2.22. The Morgan fingerprint density at radius 1 is 0.423 bits per heavy atom. The Morgan fingerprint density at radius 2 is 0.859 bits per heavy atom. The largest absolute Gasteiger partial charge is 0.212 e. The van der Waals surface area contributed by atoms with Crippen LogP contribution in [0.1, 0.15) is 126 Å². The molecule has 1 aliphatic rings. The standard InChI is InChI=1S/C19H24N.C17H22N.C16H20N.C15H18N/c1-15-14-17(16-8-4-3-5-9-16)11-12-18(15)19-10-6-7-13-20(19)2;1-12(2)15-7-8-16(14(4)10-15)17-9-6-13(3)11-18(17)5;1-5-14-7-8-15(13(3)10-14)16-9-6-12(2)11-17(16)4;1-11-5-7-14(13(3)9-11)15-8-6-12(2)10-16(15)4/h6-7,10-14,16H,3-5,8-9H2,1-2H3;6-12H,1-5H3;6-11H,5H2,1-4H3;5-10H,1-4H3/q4*+1. The van der Waals surface area contributed by atoms with Crippen molar-refractivity contribution < 1.29 is 18.3 Å². The minimum Gasteiger partial charge on any atom is -0.201 e. The van der Waals surface area contributed by atoms with E-state index in [4.69, 9.17) is 0 Å². The second kappa shape index (κ2) is 25.0. The van der Waals surface area contributed by atoms with E-state index in [1.165, 1.54) is 133 Å². The minimum atomic E-state index is 0.588. The lowest BCUT2D eigenvalue weighted by molar-refractivity contribution is -0.660. The summed E-state index contributed by atoms with van der Waals surface area (Å²) in [7, 11) is 8.43. The average molecular weight is 945 g/mol. The number of hydrogen-bond acceptors (Lipinski definition) is 0. The summed E-state index contributed by atoms with van der Waals surface area (Å²) in [5.74, 6) is 1.38. The van der Waals surface area contributed by atoms with Gasteiger partial charge in [0, 0.05) is 69.3 Å². The van der Waals surface area contributed by atoms with Crippen LogP contribution in [0.4, 0.5) is 0 Å². The number of aryl methyl sites for hydroxylation is 13. The molecule has 0 atom stereocenters. The van der Waals surface area contributed by atoms with Gasteiger partial charge in [-0.05, 0) is 174 Å². The zero-order chi connectivity index (χ0) is 51.4. The minimum absolute atomic E-state index is 0.588. The Bertz CT molecular complexity index is 3010. The number of benzene rings is 4. The van der Waals surface area contributed by atoms with Crippen molar-refractivity contribution in [3.8, 4) is 45.0 Å². The highest BCUT2D eigenvalue weighted by molar-refractivity contribution is 5.64. The molecule has 0 amide bonds. The van der Waals surface area contributed by atoms with Crippen LogP contribution in [0.25, 0.3) is 45.0 Å². The number of aromatic nitrogens is 4. The molecule has 4 heteroatoms. The van der Waals surface area contributed by atoms with Gasteiger partial charge in [0.05, 0.1) is 0 Å². The van der Waals surface area contributed by atoms with Crippen molar-refractivity contribution in [3.05, 3.63) is 213 Å². The zero-order valence-corrected chi connectivity index (χ0v) is 46.1. The van der Waals surface area contributed by atoms with E-state index in [1.54, 1.807) is 5.56 Å². The molecule has 1 fully saturated rings. The molecule has 368 valence electrons. The first-order valence-electron chi connectivity index (χ1n) is 26.2. The third-order valence-electron chi connectivity index (χ3n) is 14.3. The Labute approximate surface area is 429 Å². The summed E-state index contributed by atoms with van der Waals surface area (Å²) in [6, 6.07) is 46.7. The zero-order valence-electron chi connectivity index (χ0n) is 46.1. The molecule has 1 aliphatic carbocycles. The maximum absolute atomic E-state index is 2.42. The highest BCUT2D eigenvalue weighted by Gasteiger charge is 2.19. The maximum atomic E-state index is 2.42. The van der Waals surface area contributed by atoms with Gasteiger partial charge in [-0.1, -0.05) is 94.1 Å². The molecule has 4 aromatic carbocycles. The van der Waals surface area contributed by atoms with Gasteiger partial charge in [-0.15, -0.1) is 0 Å². The molecular weight excluding hydrogens is 861 g/mol. The van der Waals surface area contributed by atoms with Gasteiger partial charge < -0.3 is 0 Å². The first-order chi connectivity index (χ1) is 33.9. The van der Waals surface area contributed by atoms with Crippen LogP contribution in [0, 0.1) is 55.4 Å². The van der Waals surface area contributed by atoms with Gasteiger partial charge in [0.25, 0.3) is 0 Å². The molecule has 8 aromatic rings. The summed E-state index contributed by atoms with van der Waals surface area (Å²) in [5, 5.41) is 0. The fourth-order valence-corrected chi connectivity index (χ4v) is 10.2. The van der Waals surface area contributed by atoms with E-state index in [1.807, 2.05) is 0 Å². The lowest BCUT2D eigenvalue weighted by atomic mass is 9.83. The van der Waals surface area contributed by atoms with E-state index in [-0.39, 0.29) is 0 Å². The van der Waals surface area contributed by atoms with E-state index in [9.17, 15) is 0 Å². The molecule has 9 rings (SSSR count). The molecule has 0 unspecified atom stereocenters. The summed E-state index contributed by atoms with van der Waals surface area (Å²) in [6.07, 6.45) is 16.7. The molecule has 4 aromatic heterocycles. The Morgan fingerprint density at radius 3 is 1.30 bits per heavy atom. The molecule has 1 saturated carbocycles. The molecule has 71 heavy (non-hydrogen) atoms. The number of rotatable bonds is 7. The second-order valence-corrected chi connectivity index (χ2v) is 20.8. The topological polar surface area (TPSA) is 15.5 Å². The summed E-state index contributed by atoms with van der Waals surface area (Å²) < 4.78 is 8.78. The van der Waals surface area contributed by atoms with Crippen molar-refractivity contribution in [1.29, 1.82) is 0 Å². The molecule has 4 heterocycles. The molecule has 0 bridgehead atoms. The van der Waals surface area contributed by atoms with E-state index >= 15 is 0 Å². The molecule has 4 nitrogen and oxygen atoms in total. The highest BCUT2D eigenvalue weighted by atomic mass is 14.9. The van der Waals surface area contributed by atoms with Crippen LogP contribution in [0.15, 0.2) is 152 Å². The van der Waals surface area contributed by atoms with E-state index in [0.29, 0.717) is 5.92 Å². The molecule has 0 aliphatic heterocycles. The van der Waals surface area contributed by atoms with Crippen LogP contribution in [0.2, 0.25) is 0 Å². The van der Waals surface area contributed by atoms with Gasteiger partial charge in [0.2, 0.25) is 22.8 Å². The number of hydrogen-bond donors (Lipinski definition) is 0. The van der Waals surface area contributed by atoms with Crippen molar-refractivity contribution in [2.24, 2.45) is 28.2 Å². The van der Waals surface area contributed by atoms with Crippen LogP contribution >= 0.6 is 0 Å². The Kier molecular flexibility index (Phi) is 19.0. The third-order valence-corrected chi connectivity index (χ3v) is 14.3. The van der Waals surface area contributed by atoms with E-state index < -0.39 is 0 Å². The fraction of sp³-hybridized carbons (Fsp3) is 0.343. The van der Waals surface area contributed by atoms with Crippen LogP contribution < -0.4 is 18.3 Å². The van der Waals surface area contributed by atoms with E-state index in [2.05, 4.69) is 275 Å². The Hall–Kier alpha value is -6.52. The summed E-state index contributed by atoms with van der Waals surface area (Å²) in [5.41, 5.74) is 25.4. The van der Waals surface area contributed by atoms with Crippen LogP contribution in [0.3, 0.4) is 0 Å². The molecule has 0 spiro atoms. The van der Waals surface area contributed by atoms with Gasteiger partial charge in [-0.25, -0.2) is 18.3 Å². The first kappa shape index (κ1) is 53.8. The van der Waals surface area contributed by atoms with Crippen LogP contribution in [-0.4, -0.2) is 0 Å². The van der Waals surface area contributed by atoms with Crippen LogP contribution in [0.5, 0.6) is 0 Å². The summed E-state index contributed by atoms with van der Waals surface area (Å²) >= 11 is 0. The lowest BCUT2D eigenvalue weighted by Crippen LogP contribution is -2.31. The van der Waals surface area contributed by atoms with Gasteiger partial charge in [-0.2, -0.15) is 0 Å². The highest BCUT2D eigenvalue weighted by Crippen LogP contribution is 2.35. The van der Waals surface area contributed by atoms with Gasteiger partial charge >= 0.3 is 0 Å². The Balaban J connectivity index is 0.000000156. The number of nitrogens with zero attached hydrogens (tertiary/aromatic N) is 4. The molecule has 0 saturated heterocycles. The van der Waals surface area contributed by atoms with Gasteiger partial charge in [-0.3, -0.25) is 0 Å². The number of pyridine rings is 4. The first-order valence-corrected chi connectivity index (χ1v) is 26.2. The predicted octanol–water partition coefficient (Wildman–Crippen LogP) is 14.9. The summed E-state index contributed by atoms with van der Waals surface area (Å²) in [6.45, 7) is 24.0. The second-order valence-electron chi connectivity index (χ2n) is 20.8. The summed E-state index contributed by atoms with van der Waals surface area (Å²) in [4.78, 5) is 0. The molecule has 0 radical (unpaired) electrons. The predicted molar refractivity (Wildman–Crippen MR) is 299 cm³/mol. The normalized spacial score (nSPS) is 12.3. The van der Waals surface area contributed by atoms with Crippen molar-refractivity contribution in [2.45, 2.75) is 127 Å². The van der Waals surface area contributed by atoms with Crippen molar-refractivity contribution in [3.63, 3.8) is 0 Å². The third kappa shape index (κ3) is 14.3. The quantitative estimate of drug-likeness (QED) is 0.142. The van der Waals surface area contributed by atoms with Crippen molar-refractivity contribution >= 4 is 0 Å². The SMILES string of the molecule is CCc1ccc(-c2ccc(C)c[n+]2C)c(C)c1.Cc1cc(C2CCCCC2)ccc1-c1cccc[n+]1C.Cc1ccc(-c2ccc(C(C)C)cc2C)[n+](C)c1.Cc1ccc(-c2ccc(C)c[n+]2C)c(C)c1. The fourth-order valence-electron chi connectivity index (χ4n) is 10.2. The molecular formula is C67H84N4+4.